The van der Waals surface area contributed by atoms with Crippen LogP contribution in [0.5, 0.6) is 0 Å². The van der Waals surface area contributed by atoms with Crippen molar-refractivity contribution in [1.82, 2.24) is 0 Å². The summed E-state index contributed by atoms with van der Waals surface area (Å²) >= 11 is 0. The van der Waals surface area contributed by atoms with Crippen LogP contribution in [0.3, 0.4) is 0 Å². The average Bonchev–Trinajstić information content (AvgIpc) is 2.63. The lowest BCUT2D eigenvalue weighted by atomic mass is 9.75. The minimum absolute atomic E-state index is 0.831. The predicted octanol–water partition coefficient (Wildman–Crippen LogP) is 3.67. The number of benzene rings is 1. The lowest BCUT2D eigenvalue weighted by Gasteiger charge is -2.30. The Morgan fingerprint density at radius 1 is 1.11 bits per heavy atom. The van der Waals surface area contributed by atoms with Gasteiger partial charge in [-0.3, -0.25) is 0 Å². The van der Waals surface area contributed by atoms with Gasteiger partial charge in [-0.05, 0) is 55.4 Å². The molecule has 0 spiro atoms. The molecule has 2 bridgehead atoms. The molecule has 0 saturated heterocycles. The molecule has 2 unspecified atom stereocenters. The Hall–Kier alpha value is -1.31. The molecular weight excluding hydrogens is 222 g/mol. The topological polar surface area (TPSA) is 21.6 Å². The molecule has 0 aromatic heterocycles. The third kappa shape index (κ3) is 2.29. The van der Waals surface area contributed by atoms with Crippen LogP contribution in [0, 0.1) is 17.8 Å². The number of nitrogens with zero attached hydrogens (tertiary/aromatic N) is 1. The molecule has 2 nitrogen and oxygen atoms in total. The fourth-order valence-electron chi connectivity index (χ4n) is 3.86. The van der Waals surface area contributed by atoms with Crippen molar-refractivity contribution in [3.05, 3.63) is 35.9 Å². The van der Waals surface area contributed by atoms with Crippen LogP contribution in [0.4, 0.5) is 0 Å². The molecule has 0 radical (unpaired) electrons. The van der Waals surface area contributed by atoms with E-state index in [0.29, 0.717) is 0 Å². The third-order valence-corrected chi connectivity index (χ3v) is 4.65. The van der Waals surface area contributed by atoms with E-state index in [9.17, 15) is 0 Å². The normalized spacial score (nSPS) is 30.3. The lowest BCUT2D eigenvalue weighted by Crippen LogP contribution is -2.28. The molecule has 3 rings (SSSR count). The highest BCUT2D eigenvalue weighted by atomic mass is 16.6. The van der Waals surface area contributed by atoms with E-state index < -0.39 is 0 Å². The maximum Gasteiger partial charge on any atom is 0.106 e. The van der Waals surface area contributed by atoms with Gasteiger partial charge < -0.3 is 4.84 Å². The van der Waals surface area contributed by atoms with E-state index in [-0.39, 0.29) is 0 Å². The molecule has 2 atom stereocenters. The highest BCUT2D eigenvalue weighted by Crippen LogP contribution is 2.47. The monoisotopic (exact) mass is 243 g/mol. The number of oxime groups is 1. The molecule has 18 heavy (non-hydrogen) atoms. The molecular formula is C16H21NO. The average molecular weight is 243 g/mol. The summed E-state index contributed by atoms with van der Waals surface area (Å²) in [5.74, 6) is 2.53. The minimum atomic E-state index is 0.831. The smallest absolute Gasteiger partial charge is 0.106 e. The van der Waals surface area contributed by atoms with Gasteiger partial charge in [-0.15, -0.1) is 0 Å². The molecule has 1 aromatic rings. The molecule has 2 aliphatic rings. The van der Waals surface area contributed by atoms with Crippen LogP contribution in [0.1, 0.15) is 31.2 Å². The maximum atomic E-state index is 4.95. The van der Waals surface area contributed by atoms with E-state index in [4.69, 9.17) is 4.84 Å². The van der Waals surface area contributed by atoms with E-state index in [1.54, 1.807) is 7.11 Å². The Labute approximate surface area is 109 Å². The molecule has 2 fully saturated rings. The quantitative estimate of drug-likeness (QED) is 0.742. The maximum absolute atomic E-state index is 4.95. The van der Waals surface area contributed by atoms with Crippen molar-refractivity contribution < 1.29 is 4.84 Å². The van der Waals surface area contributed by atoms with Crippen molar-refractivity contribution >= 4 is 5.71 Å². The van der Waals surface area contributed by atoms with Crippen LogP contribution >= 0.6 is 0 Å². The van der Waals surface area contributed by atoms with Gasteiger partial charge >= 0.3 is 0 Å². The van der Waals surface area contributed by atoms with Crippen LogP contribution < -0.4 is 0 Å². The minimum Gasteiger partial charge on any atom is -0.399 e. The number of fused-ring (bicyclic) bond motifs is 2. The van der Waals surface area contributed by atoms with E-state index in [2.05, 4.69) is 35.5 Å². The largest absolute Gasteiger partial charge is 0.399 e. The summed E-state index contributed by atoms with van der Waals surface area (Å²) in [5, 5.41) is 4.18. The second-order valence-electron chi connectivity index (χ2n) is 5.70. The van der Waals surface area contributed by atoms with Crippen LogP contribution in [0.25, 0.3) is 0 Å². The van der Waals surface area contributed by atoms with Gasteiger partial charge in [0.05, 0.1) is 5.71 Å². The SMILES string of the molecule is CON=C1CC2CCC(C1)C2Cc1ccccc1. The Balaban J connectivity index is 1.71. The summed E-state index contributed by atoms with van der Waals surface area (Å²) in [4.78, 5) is 4.95. The first kappa shape index (κ1) is 11.8. The third-order valence-electron chi connectivity index (χ3n) is 4.65. The number of rotatable bonds is 3. The van der Waals surface area contributed by atoms with Crippen LogP contribution in [0.15, 0.2) is 35.5 Å². The molecule has 0 aliphatic heterocycles. The second kappa shape index (κ2) is 5.13. The molecule has 0 N–H and O–H groups in total. The summed E-state index contributed by atoms with van der Waals surface area (Å²) in [6.45, 7) is 0. The Morgan fingerprint density at radius 3 is 2.39 bits per heavy atom. The Kier molecular flexibility index (Phi) is 3.35. The van der Waals surface area contributed by atoms with Gasteiger partial charge in [-0.2, -0.15) is 0 Å². The Morgan fingerprint density at radius 2 is 1.78 bits per heavy atom. The fourth-order valence-corrected chi connectivity index (χ4v) is 3.86. The van der Waals surface area contributed by atoms with Crippen molar-refractivity contribution in [3.63, 3.8) is 0 Å². The molecule has 2 aliphatic carbocycles. The first-order valence-electron chi connectivity index (χ1n) is 6.99. The highest BCUT2D eigenvalue weighted by Gasteiger charge is 2.41. The van der Waals surface area contributed by atoms with Crippen molar-refractivity contribution in [1.29, 1.82) is 0 Å². The zero-order valence-corrected chi connectivity index (χ0v) is 11.0. The second-order valence-corrected chi connectivity index (χ2v) is 5.70. The molecule has 96 valence electrons. The lowest BCUT2D eigenvalue weighted by molar-refractivity contribution is 0.204. The standard InChI is InChI=1S/C16H21NO/c1-18-17-15-10-13-7-8-14(11-15)16(13)9-12-5-3-2-4-6-12/h2-6,13-14,16H,7-11H2,1H3. The van der Waals surface area contributed by atoms with E-state index in [1.165, 1.54) is 30.5 Å². The highest BCUT2D eigenvalue weighted by molar-refractivity contribution is 5.85. The first-order chi connectivity index (χ1) is 8.86. The first-order valence-corrected chi connectivity index (χ1v) is 6.99. The van der Waals surface area contributed by atoms with Crippen molar-refractivity contribution in [2.24, 2.45) is 22.9 Å². The zero-order chi connectivity index (χ0) is 12.4. The zero-order valence-electron chi connectivity index (χ0n) is 11.0. The van der Waals surface area contributed by atoms with Gasteiger partial charge in [0.2, 0.25) is 0 Å². The van der Waals surface area contributed by atoms with Gasteiger partial charge in [0.15, 0.2) is 0 Å². The van der Waals surface area contributed by atoms with Crippen LogP contribution in [0.2, 0.25) is 0 Å². The van der Waals surface area contributed by atoms with Gasteiger partial charge in [-0.25, -0.2) is 0 Å². The molecule has 0 amide bonds. The Bertz CT molecular complexity index is 410. The van der Waals surface area contributed by atoms with Crippen molar-refractivity contribution in [3.8, 4) is 0 Å². The summed E-state index contributed by atoms with van der Waals surface area (Å²) in [6.07, 6.45) is 6.32. The fraction of sp³-hybridized carbons (Fsp3) is 0.562. The predicted molar refractivity (Wildman–Crippen MR) is 73.5 cm³/mol. The van der Waals surface area contributed by atoms with Gasteiger partial charge in [-0.1, -0.05) is 35.5 Å². The van der Waals surface area contributed by atoms with Gasteiger partial charge in [0.25, 0.3) is 0 Å². The van der Waals surface area contributed by atoms with E-state index in [1.807, 2.05) is 0 Å². The number of hydrogen-bond acceptors (Lipinski definition) is 2. The van der Waals surface area contributed by atoms with Crippen molar-refractivity contribution in [2.45, 2.75) is 32.1 Å². The number of hydrogen-bond donors (Lipinski definition) is 0. The van der Waals surface area contributed by atoms with Crippen LogP contribution in [-0.4, -0.2) is 12.8 Å². The van der Waals surface area contributed by atoms with Gasteiger partial charge in [0.1, 0.15) is 7.11 Å². The summed E-state index contributed by atoms with van der Waals surface area (Å²) in [6, 6.07) is 10.9. The van der Waals surface area contributed by atoms with Crippen LogP contribution in [-0.2, 0) is 11.3 Å². The summed E-state index contributed by atoms with van der Waals surface area (Å²) < 4.78 is 0. The van der Waals surface area contributed by atoms with E-state index in [0.717, 1.165) is 30.6 Å². The molecule has 2 heteroatoms. The van der Waals surface area contributed by atoms with Crippen molar-refractivity contribution in [2.75, 3.05) is 7.11 Å². The molecule has 0 heterocycles. The van der Waals surface area contributed by atoms with Gasteiger partial charge in [0, 0.05) is 0 Å². The molecule has 1 aromatic carbocycles. The molecule has 2 saturated carbocycles. The van der Waals surface area contributed by atoms with E-state index >= 15 is 0 Å². The summed E-state index contributed by atoms with van der Waals surface area (Å²) in [7, 11) is 1.66. The summed E-state index contributed by atoms with van der Waals surface area (Å²) in [5.41, 5.74) is 2.78.